The van der Waals surface area contributed by atoms with Crippen LogP contribution in [0.5, 0.6) is 0 Å². The molecule has 2 heteroatoms. The van der Waals surface area contributed by atoms with E-state index in [0.717, 1.165) is 18.8 Å². The SMILES string of the molecule is CCc1ccc(CC(CC2CCCC2)NN)cc1. The molecular weight excluding hydrogens is 220 g/mol. The van der Waals surface area contributed by atoms with Gasteiger partial charge in [-0.05, 0) is 36.3 Å². The lowest BCUT2D eigenvalue weighted by Gasteiger charge is -2.20. The van der Waals surface area contributed by atoms with E-state index in [9.17, 15) is 0 Å². The molecule has 2 nitrogen and oxygen atoms in total. The average molecular weight is 246 g/mol. The Hall–Kier alpha value is -0.860. The van der Waals surface area contributed by atoms with Crippen LogP contribution in [0.4, 0.5) is 0 Å². The van der Waals surface area contributed by atoms with Crippen LogP contribution in [-0.2, 0) is 12.8 Å². The molecule has 1 aromatic carbocycles. The second kappa shape index (κ2) is 6.91. The van der Waals surface area contributed by atoms with Gasteiger partial charge in [-0.2, -0.15) is 0 Å². The molecule has 0 aliphatic heterocycles. The summed E-state index contributed by atoms with van der Waals surface area (Å²) in [5.41, 5.74) is 5.81. The second-order valence-corrected chi connectivity index (χ2v) is 5.62. The van der Waals surface area contributed by atoms with Crippen LogP contribution in [-0.4, -0.2) is 6.04 Å². The second-order valence-electron chi connectivity index (χ2n) is 5.62. The summed E-state index contributed by atoms with van der Waals surface area (Å²) < 4.78 is 0. The first-order chi connectivity index (χ1) is 8.81. The highest BCUT2D eigenvalue weighted by molar-refractivity contribution is 5.23. The minimum absolute atomic E-state index is 0.431. The molecule has 0 saturated heterocycles. The minimum atomic E-state index is 0.431. The average Bonchev–Trinajstić information content (AvgIpc) is 2.91. The molecule has 1 aromatic rings. The molecule has 0 bridgehead atoms. The largest absolute Gasteiger partial charge is 0.271 e. The van der Waals surface area contributed by atoms with E-state index in [1.807, 2.05) is 0 Å². The summed E-state index contributed by atoms with van der Waals surface area (Å²) in [7, 11) is 0. The predicted octanol–water partition coefficient (Wildman–Crippen LogP) is 3.20. The molecule has 1 aliphatic rings. The van der Waals surface area contributed by atoms with Crippen molar-refractivity contribution in [3.05, 3.63) is 35.4 Å². The number of aryl methyl sites for hydroxylation is 1. The van der Waals surface area contributed by atoms with Gasteiger partial charge in [0, 0.05) is 6.04 Å². The van der Waals surface area contributed by atoms with Crippen LogP contribution < -0.4 is 11.3 Å². The normalized spacial score (nSPS) is 18.1. The van der Waals surface area contributed by atoms with Crippen molar-refractivity contribution in [1.82, 2.24) is 5.43 Å². The van der Waals surface area contributed by atoms with E-state index < -0.39 is 0 Å². The van der Waals surface area contributed by atoms with E-state index in [4.69, 9.17) is 5.84 Å². The van der Waals surface area contributed by atoms with E-state index in [0.29, 0.717) is 6.04 Å². The summed E-state index contributed by atoms with van der Waals surface area (Å²) in [4.78, 5) is 0. The number of benzene rings is 1. The Morgan fingerprint density at radius 1 is 1.17 bits per heavy atom. The zero-order chi connectivity index (χ0) is 12.8. The highest BCUT2D eigenvalue weighted by Gasteiger charge is 2.19. The van der Waals surface area contributed by atoms with Crippen molar-refractivity contribution in [1.29, 1.82) is 0 Å². The topological polar surface area (TPSA) is 38.0 Å². The molecular formula is C16H26N2. The lowest BCUT2D eigenvalue weighted by atomic mass is 9.94. The predicted molar refractivity (Wildman–Crippen MR) is 77.2 cm³/mol. The highest BCUT2D eigenvalue weighted by atomic mass is 15.2. The summed E-state index contributed by atoms with van der Waals surface area (Å²) in [6.45, 7) is 2.19. The Bertz CT molecular complexity index is 339. The Balaban J connectivity index is 1.87. The number of nitrogens with two attached hydrogens (primary N) is 1. The number of hydrogen-bond donors (Lipinski definition) is 2. The molecule has 0 amide bonds. The van der Waals surface area contributed by atoms with Gasteiger partial charge in [-0.25, -0.2) is 0 Å². The van der Waals surface area contributed by atoms with Crippen LogP contribution in [0.25, 0.3) is 0 Å². The summed E-state index contributed by atoms with van der Waals surface area (Å²) in [5.74, 6) is 6.59. The van der Waals surface area contributed by atoms with E-state index in [1.54, 1.807) is 0 Å². The fourth-order valence-corrected chi connectivity index (χ4v) is 3.05. The zero-order valence-corrected chi connectivity index (χ0v) is 11.5. The molecule has 1 saturated carbocycles. The molecule has 1 fully saturated rings. The maximum Gasteiger partial charge on any atom is 0.0253 e. The maximum absolute atomic E-state index is 5.70. The Kier molecular flexibility index (Phi) is 5.21. The van der Waals surface area contributed by atoms with E-state index in [2.05, 4.69) is 36.6 Å². The molecule has 2 rings (SSSR count). The molecule has 1 aliphatic carbocycles. The van der Waals surface area contributed by atoms with Gasteiger partial charge in [-0.1, -0.05) is 56.9 Å². The van der Waals surface area contributed by atoms with E-state index >= 15 is 0 Å². The van der Waals surface area contributed by atoms with Gasteiger partial charge in [0.1, 0.15) is 0 Å². The fourth-order valence-electron chi connectivity index (χ4n) is 3.05. The molecule has 1 unspecified atom stereocenters. The van der Waals surface area contributed by atoms with Gasteiger partial charge >= 0.3 is 0 Å². The summed E-state index contributed by atoms with van der Waals surface area (Å²) in [6.07, 6.45) is 9.00. The Morgan fingerprint density at radius 3 is 2.33 bits per heavy atom. The van der Waals surface area contributed by atoms with Gasteiger partial charge in [0.2, 0.25) is 0 Å². The molecule has 3 N–H and O–H groups in total. The van der Waals surface area contributed by atoms with Gasteiger partial charge in [-0.3, -0.25) is 11.3 Å². The molecule has 0 radical (unpaired) electrons. The monoisotopic (exact) mass is 246 g/mol. The molecule has 0 spiro atoms. The quantitative estimate of drug-likeness (QED) is 0.597. The number of rotatable bonds is 6. The first-order valence-electron chi connectivity index (χ1n) is 7.35. The number of hydrogen-bond acceptors (Lipinski definition) is 2. The molecule has 100 valence electrons. The minimum Gasteiger partial charge on any atom is -0.271 e. The third-order valence-electron chi connectivity index (χ3n) is 4.24. The zero-order valence-electron chi connectivity index (χ0n) is 11.5. The Labute approximate surface area is 111 Å². The smallest absolute Gasteiger partial charge is 0.0253 e. The molecule has 18 heavy (non-hydrogen) atoms. The molecule has 1 atom stereocenters. The number of nitrogens with one attached hydrogen (secondary N) is 1. The van der Waals surface area contributed by atoms with Crippen LogP contribution in [0.15, 0.2) is 24.3 Å². The maximum atomic E-state index is 5.70. The summed E-state index contributed by atoms with van der Waals surface area (Å²) in [6, 6.07) is 9.40. The molecule has 0 aromatic heterocycles. The van der Waals surface area contributed by atoms with Gasteiger partial charge in [-0.15, -0.1) is 0 Å². The van der Waals surface area contributed by atoms with Crippen molar-refractivity contribution in [3.8, 4) is 0 Å². The summed E-state index contributed by atoms with van der Waals surface area (Å²) in [5, 5.41) is 0. The lowest BCUT2D eigenvalue weighted by Crippen LogP contribution is -2.38. The fraction of sp³-hybridized carbons (Fsp3) is 0.625. The number of hydrazine groups is 1. The van der Waals surface area contributed by atoms with Gasteiger partial charge in [0.05, 0.1) is 0 Å². The first kappa shape index (κ1) is 13.6. The van der Waals surface area contributed by atoms with Crippen LogP contribution in [0.1, 0.15) is 50.2 Å². The van der Waals surface area contributed by atoms with Gasteiger partial charge in [0.25, 0.3) is 0 Å². The van der Waals surface area contributed by atoms with E-state index in [-0.39, 0.29) is 0 Å². The van der Waals surface area contributed by atoms with Crippen molar-refractivity contribution in [2.24, 2.45) is 11.8 Å². The van der Waals surface area contributed by atoms with Crippen molar-refractivity contribution in [3.63, 3.8) is 0 Å². The van der Waals surface area contributed by atoms with Crippen molar-refractivity contribution in [2.75, 3.05) is 0 Å². The lowest BCUT2D eigenvalue weighted by molar-refractivity contribution is 0.389. The summed E-state index contributed by atoms with van der Waals surface area (Å²) >= 11 is 0. The third kappa shape index (κ3) is 3.82. The van der Waals surface area contributed by atoms with Crippen LogP contribution in [0, 0.1) is 5.92 Å². The van der Waals surface area contributed by atoms with Gasteiger partial charge < -0.3 is 0 Å². The van der Waals surface area contributed by atoms with Crippen LogP contribution in [0.2, 0.25) is 0 Å². The van der Waals surface area contributed by atoms with E-state index in [1.165, 1.54) is 43.2 Å². The Morgan fingerprint density at radius 2 is 1.78 bits per heavy atom. The molecule has 0 heterocycles. The highest BCUT2D eigenvalue weighted by Crippen LogP contribution is 2.29. The standard InChI is InChI=1S/C16H26N2/c1-2-13-7-9-15(10-8-13)12-16(18-17)11-14-5-3-4-6-14/h7-10,14,16,18H,2-6,11-12,17H2,1H3. The van der Waals surface area contributed by atoms with Crippen molar-refractivity contribution < 1.29 is 0 Å². The van der Waals surface area contributed by atoms with Crippen LogP contribution >= 0.6 is 0 Å². The van der Waals surface area contributed by atoms with Crippen LogP contribution in [0.3, 0.4) is 0 Å². The first-order valence-corrected chi connectivity index (χ1v) is 7.35. The van der Waals surface area contributed by atoms with Crippen molar-refractivity contribution in [2.45, 2.75) is 57.9 Å². The van der Waals surface area contributed by atoms with Crippen molar-refractivity contribution >= 4 is 0 Å². The third-order valence-corrected chi connectivity index (χ3v) is 4.24. The van der Waals surface area contributed by atoms with Gasteiger partial charge in [0.15, 0.2) is 0 Å².